The van der Waals surface area contributed by atoms with Crippen molar-refractivity contribution >= 4 is 29.9 Å². The molecule has 1 aromatic carbocycles. The Kier molecular flexibility index (Phi) is 8.24. The van der Waals surface area contributed by atoms with Crippen LogP contribution in [0.25, 0.3) is 0 Å². The van der Waals surface area contributed by atoms with Gasteiger partial charge in [0.25, 0.3) is 0 Å². The molecule has 0 fully saturated rings. The van der Waals surface area contributed by atoms with Gasteiger partial charge in [0.05, 0.1) is 0 Å². The number of nitrogens with zero attached hydrogens (tertiary/aromatic N) is 3. The molecule has 1 heterocycles. The molecule has 2 aromatic rings. The van der Waals surface area contributed by atoms with Crippen LogP contribution in [0, 0.1) is 0 Å². The number of halogens is 1. The molecule has 6 heteroatoms. The van der Waals surface area contributed by atoms with E-state index in [4.69, 9.17) is 0 Å². The van der Waals surface area contributed by atoms with Crippen LogP contribution < -0.4 is 10.6 Å². The second-order valence-corrected chi connectivity index (χ2v) is 6.29. The van der Waals surface area contributed by atoms with E-state index in [1.54, 1.807) is 0 Å². The monoisotopic (exact) mass is 453 g/mol. The number of aliphatic imine (C=N–C) groups is 1. The Morgan fingerprint density at radius 1 is 1.28 bits per heavy atom. The van der Waals surface area contributed by atoms with E-state index in [0.717, 1.165) is 32.0 Å². The van der Waals surface area contributed by atoms with Crippen LogP contribution in [0.1, 0.15) is 36.3 Å². The minimum atomic E-state index is 0. The summed E-state index contributed by atoms with van der Waals surface area (Å²) in [6, 6.07) is 10.8. The van der Waals surface area contributed by atoms with Crippen molar-refractivity contribution in [1.82, 2.24) is 20.4 Å². The van der Waals surface area contributed by atoms with Crippen molar-refractivity contribution in [2.24, 2.45) is 4.99 Å². The van der Waals surface area contributed by atoms with Gasteiger partial charge < -0.3 is 10.6 Å². The molecule has 5 nitrogen and oxygen atoms in total. The summed E-state index contributed by atoms with van der Waals surface area (Å²) in [4.78, 5) is 4.33. The van der Waals surface area contributed by atoms with Gasteiger partial charge in [0.1, 0.15) is 0 Å². The van der Waals surface area contributed by atoms with E-state index in [9.17, 15) is 0 Å². The molecule has 1 aliphatic carbocycles. The molecule has 2 N–H and O–H groups in total. The lowest BCUT2D eigenvalue weighted by atomic mass is 9.83. The predicted molar refractivity (Wildman–Crippen MR) is 114 cm³/mol. The number of hydrogen-bond acceptors (Lipinski definition) is 2. The van der Waals surface area contributed by atoms with Crippen LogP contribution in [0.4, 0.5) is 0 Å². The fourth-order valence-electron chi connectivity index (χ4n) is 3.39. The van der Waals surface area contributed by atoms with Gasteiger partial charge in [-0.2, -0.15) is 5.10 Å². The van der Waals surface area contributed by atoms with E-state index in [1.165, 1.54) is 30.4 Å². The average molecular weight is 453 g/mol. The molecule has 1 atom stereocenters. The first-order chi connectivity index (χ1) is 11.9. The number of aromatic nitrogens is 2. The van der Waals surface area contributed by atoms with E-state index in [2.05, 4.69) is 45.0 Å². The smallest absolute Gasteiger partial charge is 0.190 e. The maximum atomic E-state index is 4.33. The summed E-state index contributed by atoms with van der Waals surface area (Å²) in [6.07, 6.45) is 8.57. The van der Waals surface area contributed by atoms with E-state index in [-0.39, 0.29) is 24.0 Å². The number of rotatable bonds is 6. The van der Waals surface area contributed by atoms with Gasteiger partial charge in [-0.1, -0.05) is 24.3 Å². The predicted octanol–water partition coefficient (Wildman–Crippen LogP) is 3.18. The van der Waals surface area contributed by atoms with E-state index in [1.807, 2.05) is 30.2 Å². The van der Waals surface area contributed by atoms with Gasteiger partial charge in [-0.3, -0.25) is 9.67 Å². The molecule has 0 saturated heterocycles. The van der Waals surface area contributed by atoms with Crippen LogP contribution in [-0.2, 0) is 13.0 Å². The van der Waals surface area contributed by atoms with Crippen molar-refractivity contribution in [3.63, 3.8) is 0 Å². The Labute approximate surface area is 167 Å². The fraction of sp³-hybridized carbons (Fsp3) is 0.474. The summed E-state index contributed by atoms with van der Waals surface area (Å²) in [5.41, 5.74) is 3.02. The van der Waals surface area contributed by atoms with E-state index < -0.39 is 0 Å². The number of aryl methyl sites for hydroxylation is 2. The molecule has 1 unspecified atom stereocenters. The lowest BCUT2D eigenvalue weighted by molar-refractivity contribution is 0.536. The zero-order valence-corrected chi connectivity index (χ0v) is 17.1. The Morgan fingerprint density at radius 3 is 2.96 bits per heavy atom. The van der Waals surface area contributed by atoms with Crippen LogP contribution >= 0.6 is 24.0 Å². The summed E-state index contributed by atoms with van der Waals surface area (Å²) < 4.78 is 1.96. The van der Waals surface area contributed by atoms with E-state index >= 15 is 0 Å². The molecule has 0 amide bonds. The van der Waals surface area contributed by atoms with Crippen molar-refractivity contribution in [1.29, 1.82) is 0 Å². The largest absolute Gasteiger partial charge is 0.356 e. The van der Waals surface area contributed by atoms with Crippen molar-refractivity contribution in [2.45, 2.75) is 38.1 Å². The van der Waals surface area contributed by atoms with Gasteiger partial charge in [-0.25, -0.2) is 0 Å². The number of benzene rings is 1. The molecule has 1 aliphatic rings. The molecule has 0 aliphatic heterocycles. The Bertz CT molecular complexity index is 654. The fourth-order valence-corrected chi connectivity index (χ4v) is 3.39. The quantitative estimate of drug-likeness (QED) is 0.306. The first kappa shape index (κ1) is 19.8. The molecule has 1 aromatic heterocycles. The van der Waals surface area contributed by atoms with Crippen molar-refractivity contribution in [3.05, 3.63) is 53.9 Å². The van der Waals surface area contributed by atoms with Gasteiger partial charge in [-0.15, -0.1) is 24.0 Å². The second-order valence-electron chi connectivity index (χ2n) is 6.29. The summed E-state index contributed by atoms with van der Waals surface area (Å²) in [5.74, 6) is 1.47. The van der Waals surface area contributed by atoms with Crippen LogP contribution in [0.5, 0.6) is 0 Å². The molecule has 0 radical (unpaired) electrons. The zero-order valence-electron chi connectivity index (χ0n) is 14.8. The van der Waals surface area contributed by atoms with Gasteiger partial charge in [0.2, 0.25) is 0 Å². The SMILES string of the molecule is CN=C(NCCCn1cccn1)NCC1CCCc2ccccc21.I. The first-order valence-electron chi connectivity index (χ1n) is 8.86. The normalized spacial score (nSPS) is 16.7. The number of hydrogen-bond donors (Lipinski definition) is 2. The highest BCUT2D eigenvalue weighted by atomic mass is 127. The van der Waals surface area contributed by atoms with Crippen LogP contribution in [0.2, 0.25) is 0 Å². The lowest BCUT2D eigenvalue weighted by Crippen LogP contribution is -2.40. The Balaban J connectivity index is 0.00000225. The highest BCUT2D eigenvalue weighted by Gasteiger charge is 2.19. The summed E-state index contributed by atoms with van der Waals surface area (Å²) in [5, 5.41) is 11.1. The van der Waals surface area contributed by atoms with Crippen LogP contribution in [0.15, 0.2) is 47.7 Å². The maximum absolute atomic E-state index is 4.33. The summed E-state index contributed by atoms with van der Waals surface area (Å²) in [6.45, 7) is 2.75. The highest BCUT2D eigenvalue weighted by molar-refractivity contribution is 14.0. The summed E-state index contributed by atoms with van der Waals surface area (Å²) in [7, 11) is 1.83. The highest BCUT2D eigenvalue weighted by Crippen LogP contribution is 2.30. The molecule has 136 valence electrons. The van der Waals surface area contributed by atoms with E-state index in [0.29, 0.717) is 5.92 Å². The first-order valence-corrected chi connectivity index (χ1v) is 8.86. The third-order valence-electron chi connectivity index (χ3n) is 4.65. The van der Waals surface area contributed by atoms with Gasteiger partial charge in [-0.05, 0) is 42.9 Å². The average Bonchev–Trinajstić information content (AvgIpc) is 3.14. The summed E-state index contributed by atoms with van der Waals surface area (Å²) >= 11 is 0. The minimum Gasteiger partial charge on any atom is -0.356 e. The maximum Gasteiger partial charge on any atom is 0.190 e. The number of fused-ring (bicyclic) bond motifs is 1. The topological polar surface area (TPSA) is 54.2 Å². The zero-order chi connectivity index (χ0) is 16.6. The molecular formula is C19H28IN5. The molecule has 25 heavy (non-hydrogen) atoms. The Hall–Kier alpha value is -1.57. The van der Waals surface area contributed by atoms with Gasteiger partial charge in [0, 0.05) is 45.0 Å². The second kappa shape index (κ2) is 10.4. The molecule has 0 bridgehead atoms. The third kappa shape index (κ3) is 5.73. The van der Waals surface area contributed by atoms with Crippen molar-refractivity contribution < 1.29 is 0 Å². The minimum absolute atomic E-state index is 0. The van der Waals surface area contributed by atoms with Gasteiger partial charge in [0.15, 0.2) is 5.96 Å². The molecule has 0 saturated carbocycles. The van der Waals surface area contributed by atoms with Crippen LogP contribution in [-0.4, -0.2) is 35.9 Å². The Morgan fingerprint density at radius 2 is 2.16 bits per heavy atom. The van der Waals surface area contributed by atoms with Gasteiger partial charge >= 0.3 is 0 Å². The standard InChI is InChI=1S/C19H27N5.HI/c1-20-19(21-11-5-13-24-14-6-12-23-24)22-15-17-9-4-8-16-7-2-3-10-18(16)17;/h2-3,6-7,10,12,14,17H,4-5,8-9,11,13,15H2,1H3,(H2,20,21,22);1H. The number of guanidine groups is 1. The third-order valence-corrected chi connectivity index (χ3v) is 4.65. The lowest BCUT2D eigenvalue weighted by Gasteiger charge is -2.26. The number of nitrogens with one attached hydrogen (secondary N) is 2. The van der Waals surface area contributed by atoms with Crippen LogP contribution in [0.3, 0.4) is 0 Å². The molecular weight excluding hydrogens is 425 g/mol. The molecule has 3 rings (SSSR count). The van der Waals surface area contributed by atoms with Crippen molar-refractivity contribution in [2.75, 3.05) is 20.1 Å². The van der Waals surface area contributed by atoms with Crippen molar-refractivity contribution in [3.8, 4) is 0 Å². The molecule has 0 spiro atoms.